The third-order valence-corrected chi connectivity index (χ3v) is 14.1. The first-order valence-electron chi connectivity index (χ1n) is 27.0. The van der Waals surface area contributed by atoms with Crippen LogP contribution in [0.2, 0.25) is 0 Å². The summed E-state index contributed by atoms with van der Waals surface area (Å²) in [5, 5.41) is 0. The first-order valence-corrected chi connectivity index (χ1v) is 27.0. The smallest absolute Gasteiger partial charge is 0.224 e. The van der Waals surface area contributed by atoms with Crippen LogP contribution < -0.4 is 0 Å². The van der Waals surface area contributed by atoms with Gasteiger partial charge in [0.05, 0.1) is 66.1 Å². The second kappa shape index (κ2) is 28.6. The van der Waals surface area contributed by atoms with Crippen LogP contribution in [0.3, 0.4) is 0 Å². The highest BCUT2D eigenvalue weighted by atomic mass is 16.8. The lowest BCUT2D eigenvalue weighted by Gasteiger charge is -2.48. The van der Waals surface area contributed by atoms with E-state index in [0.717, 1.165) is 33.4 Å². The summed E-state index contributed by atoms with van der Waals surface area (Å²) in [6, 6.07) is 71.1. The highest BCUT2D eigenvalue weighted by Crippen LogP contribution is 2.42. The topological polar surface area (TPSA) is 105 Å². The SMILES string of the molecule is c1ccc(COC[C@@]23O[C@H]4O[C@H](COCCN(Cc5ccccc5)CCOC[C@@H](O2)[C@@H](OCc2ccccc2)[C@@H]3OCc2ccccc2)[C@@H](OCc2ccccc2)[C@H](OCc2ccccc2)[C@H]4OCc2ccccc2)cc1. The zero-order valence-corrected chi connectivity index (χ0v) is 43.7. The van der Waals surface area contributed by atoms with Crippen LogP contribution in [0, 0.1) is 0 Å². The van der Waals surface area contributed by atoms with Crippen molar-refractivity contribution in [1.29, 1.82) is 0 Å². The average Bonchev–Trinajstić information content (AvgIpc) is 3.88. The van der Waals surface area contributed by atoms with Crippen molar-refractivity contribution in [2.45, 2.75) is 101 Å². The molecule has 7 aromatic rings. The second-order valence-electron chi connectivity index (χ2n) is 19.8. The minimum atomic E-state index is -1.68. The molecule has 402 valence electrons. The van der Waals surface area contributed by atoms with Crippen LogP contribution in [-0.2, 0) is 98.3 Å². The van der Waals surface area contributed by atoms with E-state index in [1.807, 2.05) is 152 Å². The van der Waals surface area contributed by atoms with E-state index < -0.39 is 54.8 Å². The van der Waals surface area contributed by atoms with E-state index >= 15 is 0 Å². The quantitative estimate of drug-likeness (QED) is 0.0684. The number of rotatable bonds is 21. The van der Waals surface area contributed by atoms with Gasteiger partial charge >= 0.3 is 0 Å². The number of hydrogen-bond donors (Lipinski definition) is 0. The Balaban J connectivity index is 1.08. The molecule has 12 heteroatoms. The lowest BCUT2D eigenvalue weighted by atomic mass is 9.97. The first kappa shape index (κ1) is 54.4. The molecule has 7 aromatic carbocycles. The van der Waals surface area contributed by atoms with E-state index in [2.05, 4.69) is 65.6 Å². The fourth-order valence-electron chi connectivity index (χ4n) is 10.1. The fraction of sp³-hybridized carbons (Fsp3) is 0.354. The third-order valence-electron chi connectivity index (χ3n) is 14.1. The largest absolute Gasteiger partial charge is 0.377 e. The molecule has 3 heterocycles. The Kier molecular flexibility index (Phi) is 20.2. The van der Waals surface area contributed by atoms with Crippen molar-refractivity contribution >= 4 is 0 Å². The zero-order valence-electron chi connectivity index (χ0n) is 43.7. The molecule has 0 aromatic heterocycles. The van der Waals surface area contributed by atoms with E-state index in [1.54, 1.807) is 0 Å². The molecule has 9 atom stereocenters. The van der Waals surface area contributed by atoms with Crippen LogP contribution in [0.15, 0.2) is 212 Å². The van der Waals surface area contributed by atoms with Gasteiger partial charge in [-0.3, -0.25) is 4.90 Å². The van der Waals surface area contributed by atoms with Crippen molar-refractivity contribution in [1.82, 2.24) is 4.90 Å². The maximum Gasteiger partial charge on any atom is 0.224 e. The van der Waals surface area contributed by atoms with Crippen LogP contribution in [0.5, 0.6) is 0 Å². The predicted octanol–water partition coefficient (Wildman–Crippen LogP) is 10.5. The van der Waals surface area contributed by atoms with Gasteiger partial charge in [0.25, 0.3) is 0 Å². The molecule has 4 bridgehead atoms. The maximum atomic E-state index is 7.65. The number of fused-ring (bicyclic) bond motifs is 4. The van der Waals surface area contributed by atoms with Gasteiger partial charge in [0.2, 0.25) is 5.79 Å². The number of nitrogens with zero attached hydrogens (tertiary/aromatic N) is 1. The van der Waals surface area contributed by atoms with Crippen molar-refractivity contribution in [2.75, 3.05) is 46.1 Å². The van der Waals surface area contributed by atoms with Gasteiger partial charge in [0.15, 0.2) is 6.29 Å². The van der Waals surface area contributed by atoms with Crippen LogP contribution in [0.25, 0.3) is 0 Å². The molecule has 0 spiro atoms. The highest BCUT2D eigenvalue weighted by Gasteiger charge is 2.62. The molecule has 3 fully saturated rings. The van der Waals surface area contributed by atoms with E-state index in [9.17, 15) is 0 Å². The minimum Gasteiger partial charge on any atom is -0.377 e. The molecule has 0 radical (unpaired) electrons. The Morgan fingerprint density at radius 2 is 0.753 bits per heavy atom. The van der Waals surface area contributed by atoms with E-state index in [0.29, 0.717) is 32.8 Å². The average molecular weight is 1040 g/mol. The molecule has 0 aliphatic carbocycles. The van der Waals surface area contributed by atoms with Crippen LogP contribution in [-0.4, -0.2) is 106 Å². The Morgan fingerprint density at radius 3 is 1.22 bits per heavy atom. The lowest BCUT2D eigenvalue weighted by molar-refractivity contribution is -0.398. The molecular weight excluding hydrogens is 971 g/mol. The Labute approximate surface area is 453 Å². The van der Waals surface area contributed by atoms with Crippen molar-refractivity contribution in [3.8, 4) is 0 Å². The van der Waals surface area contributed by atoms with Gasteiger partial charge in [-0.05, 0) is 38.9 Å². The van der Waals surface area contributed by atoms with Crippen molar-refractivity contribution < 1.29 is 52.1 Å². The Hall–Kier alpha value is -5.94. The van der Waals surface area contributed by atoms with Gasteiger partial charge in [0, 0.05) is 19.6 Å². The normalized spacial score (nSPS) is 25.3. The molecular formula is C65H71NO11. The number of ether oxygens (including phenoxy) is 11. The van der Waals surface area contributed by atoms with Crippen LogP contribution in [0.4, 0.5) is 0 Å². The molecule has 0 N–H and O–H groups in total. The molecule has 77 heavy (non-hydrogen) atoms. The molecule has 10 rings (SSSR count). The van der Waals surface area contributed by atoms with E-state index in [-0.39, 0.29) is 59.5 Å². The molecule has 3 aliphatic rings. The summed E-state index contributed by atoms with van der Waals surface area (Å²) in [5.74, 6) is -1.68. The summed E-state index contributed by atoms with van der Waals surface area (Å²) >= 11 is 0. The summed E-state index contributed by atoms with van der Waals surface area (Å²) in [7, 11) is 0. The number of benzene rings is 7. The lowest BCUT2D eigenvalue weighted by Crippen LogP contribution is -2.65. The maximum absolute atomic E-state index is 7.65. The van der Waals surface area contributed by atoms with Crippen LogP contribution in [0.1, 0.15) is 38.9 Å². The fourth-order valence-corrected chi connectivity index (χ4v) is 10.1. The summed E-state index contributed by atoms with van der Waals surface area (Å²) < 4.78 is 78.2. The third kappa shape index (κ3) is 15.6. The van der Waals surface area contributed by atoms with Crippen molar-refractivity contribution in [3.05, 3.63) is 251 Å². The molecule has 12 nitrogen and oxygen atoms in total. The van der Waals surface area contributed by atoms with Gasteiger partial charge < -0.3 is 52.1 Å². The Morgan fingerprint density at radius 1 is 0.377 bits per heavy atom. The van der Waals surface area contributed by atoms with E-state index in [4.69, 9.17) is 52.1 Å². The summed E-state index contributed by atoms with van der Waals surface area (Å²) in [6.45, 7) is 4.60. The minimum absolute atomic E-state index is 0.0796. The first-order chi connectivity index (χ1) is 38.1. The molecule has 3 saturated heterocycles. The van der Waals surface area contributed by atoms with Crippen molar-refractivity contribution in [2.24, 2.45) is 0 Å². The summed E-state index contributed by atoms with van der Waals surface area (Å²) in [4.78, 5) is 2.35. The van der Waals surface area contributed by atoms with Gasteiger partial charge in [-0.15, -0.1) is 0 Å². The second-order valence-corrected chi connectivity index (χ2v) is 19.8. The monoisotopic (exact) mass is 1040 g/mol. The van der Waals surface area contributed by atoms with Gasteiger partial charge in [-0.1, -0.05) is 212 Å². The molecule has 0 amide bonds. The van der Waals surface area contributed by atoms with Gasteiger partial charge in [0.1, 0.15) is 49.3 Å². The van der Waals surface area contributed by atoms with Crippen molar-refractivity contribution in [3.63, 3.8) is 0 Å². The highest BCUT2D eigenvalue weighted by molar-refractivity contribution is 5.19. The molecule has 3 aliphatic heterocycles. The van der Waals surface area contributed by atoms with Crippen LogP contribution >= 0.6 is 0 Å². The standard InChI is InChI=1S/C65H71NO11/c1-8-22-50(23-9-1)40-66-36-38-67-47-57-59(70-42-52-26-12-3-13-27-52)61(72-44-54-30-16-5-17-31-54)62(73-45-55-32-18-6-19-33-55)64(75-57)77-65(49-69-41-51-24-10-2-11-25-51)63(74-46-56-34-20-7-21-35-56)60(58(76-65)48-68-39-37-66)71-43-53-28-14-4-15-29-53/h1-35,57-64H,36-49H2/t57-,58-,59-,60-,61+,62-,63+,64-,65+/m1/s1. The van der Waals surface area contributed by atoms with Gasteiger partial charge in [-0.2, -0.15) is 0 Å². The predicted molar refractivity (Wildman–Crippen MR) is 292 cm³/mol. The van der Waals surface area contributed by atoms with Gasteiger partial charge in [-0.25, -0.2) is 0 Å². The summed E-state index contributed by atoms with van der Waals surface area (Å²) in [6.07, 6.45) is -6.54. The summed E-state index contributed by atoms with van der Waals surface area (Å²) in [5.41, 5.74) is 7.09. The Bertz CT molecular complexity index is 2710. The molecule has 0 saturated carbocycles. The number of hydrogen-bond acceptors (Lipinski definition) is 12. The van der Waals surface area contributed by atoms with E-state index in [1.165, 1.54) is 5.56 Å². The zero-order chi connectivity index (χ0) is 52.2. The molecule has 0 unspecified atom stereocenters.